The van der Waals surface area contributed by atoms with Crippen LogP contribution in [0.5, 0.6) is 0 Å². The van der Waals surface area contributed by atoms with Gasteiger partial charge in [-0.15, -0.1) is 23.5 Å². The summed E-state index contributed by atoms with van der Waals surface area (Å²) in [5, 5.41) is 30.3. The predicted octanol–water partition coefficient (Wildman–Crippen LogP) is 8.80. The topological polar surface area (TPSA) is 87.4 Å². The third-order valence-electron chi connectivity index (χ3n) is 8.19. The van der Waals surface area contributed by atoms with Crippen molar-refractivity contribution in [2.45, 2.75) is 47.4 Å². The molecule has 8 heteroatoms. The summed E-state index contributed by atoms with van der Waals surface area (Å²) in [6.45, 7) is 4.42. The van der Waals surface area contributed by atoms with Crippen LogP contribution in [0.2, 0.25) is 0 Å². The molecule has 1 atom stereocenters. The molecule has 0 aliphatic carbocycles. The van der Waals surface area contributed by atoms with Crippen molar-refractivity contribution in [3.63, 3.8) is 0 Å². The lowest BCUT2D eigenvalue weighted by atomic mass is 9.80. The number of non-ortho nitro benzene ring substituents is 1. The van der Waals surface area contributed by atoms with Crippen LogP contribution in [-0.4, -0.2) is 23.1 Å². The minimum atomic E-state index is -0.853. The van der Waals surface area contributed by atoms with Gasteiger partial charge in [-0.1, -0.05) is 104 Å². The number of rotatable bonds is 17. The fourth-order valence-electron chi connectivity index (χ4n) is 5.45. The number of thioether (sulfide) groups is 2. The highest BCUT2D eigenvalue weighted by Crippen LogP contribution is 2.35. The van der Waals surface area contributed by atoms with E-state index in [1.54, 1.807) is 12.1 Å². The monoisotopic (exact) mass is 663 g/mol. The van der Waals surface area contributed by atoms with E-state index >= 15 is 0 Å². The molecular weight excluding hydrogens is 623 g/mol. The molecule has 3 N–H and O–H groups in total. The smallest absolute Gasteiger partial charge is 0.269 e. The van der Waals surface area contributed by atoms with Crippen molar-refractivity contribution < 1.29 is 10.0 Å². The summed E-state index contributed by atoms with van der Waals surface area (Å²) >= 11 is 3.64. The minimum Gasteiger partial charge on any atom is -0.388 e. The van der Waals surface area contributed by atoms with Crippen molar-refractivity contribution in [3.8, 4) is 0 Å². The van der Waals surface area contributed by atoms with Gasteiger partial charge in [0.2, 0.25) is 0 Å². The second kappa shape index (κ2) is 17.3. The fourth-order valence-corrected chi connectivity index (χ4v) is 7.48. The molecule has 0 saturated carbocycles. The van der Waals surface area contributed by atoms with Gasteiger partial charge < -0.3 is 15.7 Å². The summed E-state index contributed by atoms with van der Waals surface area (Å²) in [4.78, 5) is 13.3. The van der Waals surface area contributed by atoms with Gasteiger partial charge in [0.05, 0.1) is 11.0 Å². The molecule has 1 unspecified atom stereocenters. The maximum absolute atomic E-state index is 11.7. The van der Waals surface area contributed by atoms with Crippen molar-refractivity contribution in [1.82, 2.24) is 10.6 Å². The van der Waals surface area contributed by atoms with Crippen molar-refractivity contribution in [2.24, 2.45) is 5.41 Å². The Balaban J connectivity index is 1.26. The Bertz CT molecular complexity index is 1610. The van der Waals surface area contributed by atoms with E-state index in [0.717, 1.165) is 11.5 Å². The van der Waals surface area contributed by atoms with Gasteiger partial charge in [0.1, 0.15) is 0 Å². The lowest BCUT2D eigenvalue weighted by Crippen LogP contribution is -2.44. The van der Waals surface area contributed by atoms with Gasteiger partial charge >= 0.3 is 0 Å². The predicted molar refractivity (Wildman–Crippen MR) is 194 cm³/mol. The number of nitro benzene ring substituents is 1. The minimum absolute atomic E-state index is 0.00752. The van der Waals surface area contributed by atoms with E-state index in [1.165, 1.54) is 44.2 Å². The largest absolute Gasteiger partial charge is 0.388 e. The SMILES string of the molecule is CC(CNCc1ccccc1SCc1ccccc1)(CNCc1ccccc1SCc1ccccc1)C(O)c1ccc([N+](=O)[O-])cc1. The zero-order chi connectivity index (χ0) is 32.9. The first-order valence-corrected chi connectivity index (χ1v) is 17.7. The van der Waals surface area contributed by atoms with Crippen LogP contribution in [-0.2, 0) is 24.6 Å². The number of nitrogens with one attached hydrogen (secondary N) is 2. The third-order valence-corrected chi connectivity index (χ3v) is 10.6. The first-order valence-electron chi connectivity index (χ1n) is 15.7. The molecule has 47 heavy (non-hydrogen) atoms. The Morgan fingerprint density at radius 2 is 1.09 bits per heavy atom. The van der Waals surface area contributed by atoms with Gasteiger partial charge in [-0.05, 0) is 52.1 Å². The fraction of sp³-hybridized carbons (Fsp3) is 0.231. The standard InChI is InChI=1S/C39H41N3O3S2/c1-39(38(43)32-20-22-35(23-21-32)42(44)45,28-40-24-33-16-8-10-18-36(33)46-26-30-12-4-2-5-13-30)29-41-25-34-17-9-11-19-37(34)47-27-31-14-6-3-7-15-31/h2-23,38,40-41,43H,24-29H2,1H3. The summed E-state index contributed by atoms with van der Waals surface area (Å²) < 4.78 is 0. The molecule has 0 radical (unpaired) electrons. The molecule has 5 aromatic carbocycles. The molecule has 0 aromatic heterocycles. The number of hydrogen-bond acceptors (Lipinski definition) is 7. The first-order chi connectivity index (χ1) is 22.9. The first kappa shape index (κ1) is 34.4. The van der Waals surface area contributed by atoms with Crippen molar-refractivity contribution in [3.05, 3.63) is 171 Å². The summed E-state index contributed by atoms with van der Waals surface area (Å²) in [6.07, 6.45) is -0.853. The highest BCUT2D eigenvalue weighted by molar-refractivity contribution is 7.98. The number of hydrogen-bond donors (Lipinski definition) is 3. The molecule has 0 amide bonds. The molecule has 6 nitrogen and oxygen atoms in total. The highest BCUT2D eigenvalue weighted by atomic mass is 32.2. The van der Waals surface area contributed by atoms with Crippen LogP contribution in [0.4, 0.5) is 5.69 Å². The molecule has 0 spiro atoms. The number of nitrogens with zero attached hydrogens (tertiary/aromatic N) is 1. The molecule has 5 aromatic rings. The molecule has 0 bridgehead atoms. The molecule has 0 saturated heterocycles. The molecular formula is C39H41N3O3S2. The Kier molecular flexibility index (Phi) is 12.7. The quantitative estimate of drug-likeness (QED) is 0.0521. The summed E-state index contributed by atoms with van der Waals surface area (Å²) in [6, 6.07) is 44.0. The van der Waals surface area contributed by atoms with Gasteiger partial charge in [0.25, 0.3) is 5.69 Å². The van der Waals surface area contributed by atoms with Crippen molar-refractivity contribution in [2.75, 3.05) is 13.1 Å². The van der Waals surface area contributed by atoms with Crippen LogP contribution in [0.1, 0.15) is 40.8 Å². The molecule has 0 fully saturated rings. The van der Waals surface area contributed by atoms with Gasteiger partial charge in [0, 0.05) is 65.0 Å². The van der Waals surface area contributed by atoms with E-state index in [0.29, 0.717) is 31.7 Å². The average molecular weight is 664 g/mol. The molecule has 242 valence electrons. The van der Waals surface area contributed by atoms with E-state index in [2.05, 4.69) is 115 Å². The Labute approximate surface area is 286 Å². The average Bonchev–Trinajstić information content (AvgIpc) is 3.11. The van der Waals surface area contributed by atoms with E-state index in [4.69, 9.17) is 0 Å². The molecule has 0 aliphatic rings. The van der Waals surface area contributed by atoms with Gasteiger partial charge in [-0.25, -0.2) is 0 Å². The number of aliphatic hydroxyl groups excluding tert-OH is 1. The maximum atomic E-state index is 11.7. The van der Waals surface area contributed by atoms with Gasteiger partial charge in [0.15, 0.2) is 0 Å². The Morgan fingerprint density at radius 3 is 1.53 bits per heavy atom. The van der Waals surface area contributed by atoms with Crippen molar-refractivity contribution >= 4 is 29.2 Å². The third kappa shape index (κ3) is 10.0. The molecule has 0 heterocycles. The summed E-state index contributed by atoms with van der Waals surface area (Å²) in [5.74, 6) is 1.78. The zero-order valence-corrected chi connectivity index (χ0v) is 28.2. The number of aliphatic hydroxyl groups is 1. The Hall–Kier alpha value is -3.92. The lowest BCUT2D eigenvalue weighted by Gasteiger charge is -2.36. The van der Waals surface area contributed by atoms with Crippen LogP contribution in [0.3, 0.4) is 0 Å². The van der Waals surface area contributed by atoms with Crippen LogP contribution < -0.4 is 10.6 Å². The summed E-state index contributed by atoms with van der Waals surface area (Å²) in [7, 11) is 0. The van der Waals surface area contributed by atoms with E-state index in [-0.39, 0.29) is 5.69 Å². The second-order valence-corrected chi connectivity index (χ2v) is 13.9. The number of benzene rings is 5. The molecule has 0 aliphatic heterocycles. The lowest BCUT2D eigenvalue weighted by molar-refractivity contribution is -0.384. The van der Waals surface area contributed by atoms with Crippen LogP contribution in [0, 0.1) is 15.5 Å². The normalized spacial score (nSPS) is 12.1. The maximum Gasteiger partial charge on any atom is 0.269 e. The van der Waals surface area contributed by atoms with Crippen LogP contribution in [0.25, 0.3) is 0 Å². The second-order valence-electron chi connectivity index (χ2n) is 11.9. The van der Waals surface area contributed by atoms with Crippen LogP contribution in [0.15, 0.2) is 143 Å². The van der Waals surface area contributed by atoms with E-state index < -0.39 is 16.4 Å². The summed E-state index contributed by atoms with van der Waals surface area (Å²) in [5.41, 5.74) is 5.02. The Morgan fingerprint density at radius 1 is 0.660 bits per heavy atom. The van der Waals surface area contributed by atoms with Gasteiger partial charge in [-0.3, -0.25) is 10.1 Å². The number of nitro groups is 1. The van der Waals surface area contributed by atoms with Crippen LogP contribution >= 0.6 is 23.5 Å². The highest BCUT2D eigenvalue weighted by Gasteiger charge is 2.34. The van der Waals surface area contributed by atoms with Crippen molar-refractivity contribution in [1.29, 1.82) is 0 Å². The zero-order valence-electron chi connectivity index (χ0n) is 26.5. The van der Waals surface area contributed by atoms with E-state index in [9.17, 15) is 15.2 Å². The van der Waals surface area contributed by atoms with E-state index in [1.807, 2.05) is 35.7 Å². The van der Waals surface area contributed by atoms with Gasteiger partial charge in [-0.2, -0.15) is 0 Å². The molecule has 5 rings (SSSR count).